The molecule has 0 saturated carbocycles. The molecule has 2 N–H and O–H groups in total. The van der Waals surface area contributed by atoms with Crippen molar-refractivity contribution in [2.75, 3.05) is 25.2 Å². The van der Waals surface area contributed by atoms with Crippen molar-refractivity contribution in [3.8, 4) is 11.5 Å². The van der Waals surface area contributed by atoms with Gasteiger partial charge in [0.1, 0.15) is 5.82 Å². The summed E-state index contributed by atoms with van der Waals surface area (Å²) in [4.78, 5) is 35.0. The van der Waals surface area contributed by atoms with Crippen LogP contribution in [0.4, 0.5) is 10.5 Å². The highest BCUT2D eigenvalue weighted by Crippen LogP contribution is 2.34. The highest BCUT2D eigenvalue weighted by molar-refractivity contribution is 5.93. The molecule has 9 heteroatoms. The Bertz CT molecular complexity index is 911. The largest absolute Gasteiger partial charge is 0.454 e. The standard InChI is InChI=1S/C20H23N5O4/c1-13-21-7-4-16(23-13)11-22-20(27)25-8-5-14(6-9-25)19(26)24-15-2-3-17-18(10-15)29-12-28-17/h2-4,7,10,14H,5-6,8-9,11-12H2,1H3,(H,22,27)(H,24,26). The van der Waals surface area contributed by atoms with Crippen LogP contribution >= 0.6 is 0 Å². The first-order chi connectivity index (χ1) is 14.1. The molecule has 2 aliphatic heterocycles. The quantitative estimate of drug-likeness (QED) is 0.818. The van der Waals surface area contributed by atoms with Gasteiger partial charge in [0.15, 0.2) is 11.5 Å². The third-order valence-corrected chi connectivity index (χ3v) is 5.05. The van der Waals surface area contributed by atoms with E-state index < -0.39 is 0 Å². The first kappa shape index (κ1) is 19.0. The van der Waals surface area contributed by atoms with Crippen LogP contribution in [0.2, 0.25) is 0 Å². The topological polar surface area (TPSA) is 106 Å². The van der Waals surface area contributed by atoms with Crippen molar-refractivity contribution in [3.63, 3.8) is 0 Å². The molecule has 0 aliphatic carbocycles. The Kier molecular flexibility index (Phi) is 5.46. The van der Waals surface area contributed by atoms with Crippen LogP contribution in [-0.4, -0.2) is 46.7 Å². The summed E-state index contributed by atoms with van der Waals surface area (Å²) >= 11 is 0. The number of anilines is 1. The van der Waals surface area contributed by atoms with Crippen molar-refractivity contribution < 1.29 is 19.1 Å². The number of aryl methyl sites for hydroxylation is 1. The second kappa shape index (κ2) is 8.34. The lowest BCUT2D eigenvalue weighted by Gasteiger charge is -2.31. The average Bonchev–Trinajstić information content (AvgIpc) is 3.20. The third kappa shape index (κ3) is 4.56. The number of fused-ring (bicyclic) bond motifs is 1. The zero-order chi connectivity index (χ0) is 20.2. The molecule has 0 radical (unpaired) electrons. The van der Waals surface area contributed by atoms with E-state index in [1.807, 2.05) is 6.92 Å². The summed E-state index contributed by atoms with van der Waals surface area (Å²) in [6.45, 7) is 3.43. The van der Waals surface area contributed by atoms with E-state index in [9.17, 15) is 9.59 Å². The maximum absolute atomic E-state index is 12.6. The summed E-state index contributed by atoms with van der Waals surface area (Å²) in [6, 6.07) is 6.97. The number of rotatable bonds is 4. The van der Waals surface area contributed by atoms with Crippen molar-refractivity contribution in [2.45, 2.75) is 26.3 Å². The number of ether oxygens (including phenoxy) is 2. The molecule has 3 heterocycles. The van der Waals surface area contributed by atoms with Crippen LogP contribution in [0.3, 0.4) is 0 Å². The molecule has 2 aromatic rings. The van der Waals surface area contributed by atoms with Gasteiger partial charge >= 0.3 is 6.03 Å². The van der Waals surface area contributed by atoms with Gasteiger partial charge in [0.25, 0.3) is 0 Å². The SMILES string of the molecule is Cc1nccc(CNC(=O)N2CCC(C(=O)Nc3ccc4c(c3)OCO4)CC2)n1. The fourth-order valence-corrected chi connectivity index (χ4v) is 3.44. The molecular formula is C20H23N5O4. The number of aromatic nitrogens is 2. The summed E-state index contributed by atoms with van der Waals surface area (Å²) < 4.78 is 10.6. The fourth-order valence-electron chi connectivity index (χ4n) is 3.44. The zero-order valence-corrected chi connectivity index (χ0v) is 16.2. The van der Waals surface area contributed by atoms with Gasteiger partial charge in [-0.05, 0) is 38.0 Å². The molecule has 9 nitrogen and oxygen atoms in total. The first-order valence-corrected chi connectivity index (χ1v) is 9.60. The van der Waals surface area contributed by atoms with E-state index in [2.05, 4.69) is 20.6 Å². The van der Waals surface area contributed by atoms with Gasteiger partial charge in [-0.3, -0.25) is 4.79 Å². The Balaban J connectivity index is 1.24. The maximum Gasteiger partial charge on any atom is 0.317 e. The van der Waals surface area contributed by atoms with Crippen LogP contribution in [-0.2, 0) is 11.3 Å². The van der Waals surface area contributed by atoms with Gasteiger partial charge in [-0.25, -0.2) is 14.8 Å². The lowest BCUT2D eigenvalue weighted by atomic mass is 9.96. The van der Waals surface area contributed by atoms with E-state index in [-0.39, 0.29) is 24.6 Å². The number of amides is 3. The highest BCUT2D eigenvalue weighted by Gasteiger charge is 2.27. The molecule has 4 rings (SSSR count). The zero-order valence-electron chi connectivity index (χ0n) is 16.2. The van der Waals surface area contributed by atoms with E-state index in [0.29, 0.717) is 55.5 Å². The Morgan fingerprint density at radius 3 is 2.76 bits per heavy atom. The Morgan fingerprint density at radius 1 is 1.17 bits per heavy atom. The maximum atomic E-state index is 12.6. The summed E-state index contributed by atoms with van der Waals surface area (Å²) in [7, 11) is 0. The summed E-state index contributed by atoms with van der Waals surface area (Å²) in [5.74, 6) is 1.81. The minimum atomic E-state index is -0.143. The predicted octanol–water partition coefficient (Wildman–Crippen LogP) is 2.07. The molecule has 1 fully saturated rings. The van der Waals surface area contributed by atoms with Crippen molar-refractivity contribution >= 4 is 17.6 Å². The number of benzene rings is 1. The molecule has 1 aromatic heterocycles. The monoisotopic (exact) mass is 397 g/mol. The number of hydrogen-bond donors (Lipinski definition) is 2. The normalized spacial score (nSPS) is 15.8. The molecular weight excluding hydrogens is 374 g/mol. The Labute approximate surface area is 168 Å². The summed E-state index contributed by atoms with van der Waals surface area (Å²) in [5.41, 5.74) is 1.45. The van der Waals surface area contributed by atoms with Gasteiger partial charge in [0.05, 0.1) is 12.2 Å². The molecule has 1 aromatic carbocycles. The van der Waals surface area contributed by atoms with Crippen LogP contribution in [0, 0.1) is 12.8 Å². The number of carbonyl (C=O) groups excluding carboxylic acids is 2. The molecule has 1 saturated heterocycles. The van der Waals surface area contributed by atoms with Crippen LogP contribution < -0.4 is 20.1 Å². The van der Waals surface area contributed by atoms with E-state index in [4.69, 9.17) is 9.47 Å². The van der Waals surface area contributed by atoms with Crippen LogP contribution in [0.15, 0.2) is 30.5 Å². The van der Waals surface area contributed by atoms with Crippen LogP contribution in [0.5, 0.6) is 11.5 Å². The molecule has 29 heavy (non-hydrogen) atoms. The number of nitrogens with zero attached hydrogens (tertiary/aromatic N) is 3. The molecule has 0 unspecified atom stereocenters. The number of piperidine rings is 1. The average molecular weight is 397 g/mol. The van der Waals surface area contributed by atoms with E-state index >= 15 is 0 Å². The fraction of sp³-hybridized carbons (Fsp3) is 0.400. The second-order valence-electron chi connectivity index (χ2n) is 7.07. The molecule has 0 atom stereocenters. The van der Waals surface area contributed by atoms with Crippen molar-refractivity contribution in [1.82, 2.24) is 20.2 Å². The lowest BCUT2D eigenvalue weighted by molar-refractivity contribution is -0.121. The van der Waals surface area contributed by atoms with Crippen molar-refractivity contribution in [3.05, 3.63) is 42.0 Å². The van der Waals surface area contributed by atoms with Gasteiger partial charge in [0.2, 0.25) is 12.7 Å². The Morgan fingerprint density at radius 2 is 1.97 bits per heavy atom. The minimum Gasteiger partial charge on any atom is -0.454 e. The molecule has 0 spiro atoms. The first-order valence-electron chi connectivity index (χ1n) is 9.60. The number of carbonyl (C=O) groups is 2. The van der Waals surface area contributed by atoms with Crippen molar-refractivity contribution in [2.24, 2.45) is 5.92 Å². The number of likely N-dealkylation sites (tertiary alicyclic amines) is 1. The minimum absolute atomic E-state index is 0.0413. The highest BCUT2D eigenvalue weighted by atomic mass is 16.7. The number of nitrogens with one attached hydrogen (secondary N) is 2. The molecule has 152 valence electrons. The lowest BCUT2D eigenvalue weighted by Crippen LogP contribution is -2.46. The van der Waals surface area contributed by atoms with Gasteiger partial charge in [-0.2, -0.15) is 0 Å². The number of urea groups is 1. The van der Waals surface area contributed by atoms with E-state index in [1.54, 1.807) is 35.4 Å². The van der Waals surface area contributed by atoms with E-state index in [0.717, 1.165) is 5.69 Å². The molecule has 2 aliphatic rings. The van der Waals surface area contributed by atoms with E-state index in [1.165, 1.54) is 0 Å². The van der Waals surface area contributed by atoms with Gasteiger partial charge in [-0.1, -0.05) is 0 Å². The third-order valence-electron chi connectivity index (χ3n) is 5.05. The van der Waals surface area contributed by atoms with Crippen LogP contribution in [0.25, 0.3) is 0 Å². The number of hydrogen-bond acceptors (Lipinski definition) is 6. The van der Waals surface area contributed by atoms with Gasteiger partial charge in [0, 0.05) is 37.0 Å². The van der Waals surface area contributed by atoms with Gasteiger partial charge < -0.3 is 25.0 Å². The molecule has 3 amide bonds. The smallest absolute Gasteiger partial charge is 0.317 e. The van der Waals surface area contributed by atoms with Crippen LogP contribution in [0.1, 0.15) is 24.4 Å². The molecule has 0 bridgehead atoms. The van der Waals surface area contributed by atoms with Gasteiger partial charge in [-0.15, -0.1) is 0 Å². The summed E-state index contributed by atoms with van der Waals surface area (Å²) in [5, 5.41) is 5.80. The van der Waals surface area contributed by atoms with Crippen molar-refractivity contribution in [1.29, 1.82) is 0 Å². The second-order valence-corrected chi connectivity index (χ2v) is 7.07. The predicted molar refractivity (Wildman–Crippen MR) is 104 cm³/mol. The Hall–Kier alpha value is -3.36. The summed E-state index contributed by atoms with van der Waals surface area (Å²) in [6.07, 6.45) is 2.92.